The van der Waals surface area contributed by atoms with E-state index in [4.69, 9.17) is 21.6 Å². The Bertz CT molecular complexity index is 845. The van der Waals surface area contributed by atoms with Crippen molar-refractivity contribution < 1.29 is 9.53 Å². The summed E-state index contributed by atoms with van der Waals surface area (Å²) >= 11 is 6.28. The summed E-state index contributed by atoms with van der Waals surface area (Å²) in [5, 5.41) is 9.63. The molecule has 0 spiro atoms. The van der Waals surface area contributed by atoms with Gasteiger partial charge >= 0.3 is 0 Å². The lowest BCUT2D eigenvalue weighted by atomic mass is 9.97. The van der Waals surface area contributed by atoms with Gasteiger partial charge in [0.2, 0.25) is 0 Å². The van der Waals surface area contributed by atoms with Crippen molar-refractivity contribution >= 4 is 17.5 Å². The van der Waals surface area contributed by atoms with E-state index in [9.17, 15) is 4.79 Å². The van der Waals surface area contributed by atoms with Gasteiger partial charge in [-0.1, -0.05) is 29.8 Å². The lowest BCUT2D eigenvalue weighted by Gasteiger charge is -2.45. The number of ether oxygens (including phenoxy) is 1. The minimum Gasteiger partial charge on any atom is -0.369 e. The molecule has 1 saturated heterocycles. The molecule has 5 nitrogen and oxygen atoms in total. The Labute approximate surface area is 151 Å². The van der Waals surface area contributed by atoms with Crippen molar-refractivity contribution in [3.8, 4) is 6.07 Å². The number of amides is 1. The maximum atomic E-state index is 13.0. The van der Waals surface area contributed by atoms with Gasteiger partial charge in [-0.15, -0.1) is 0 Å². The lowest BCUT2D eigenvalue weighted by Crippen LogP contribution is -2.56. The number of carbonyl (C=O) groups is 1. The second kappa shape index (κ2) is 6.83. The molecule has 0 saturated carbocycles. The van der Waals surface area contributed by atoms with Crippen molar-refractivity contribution in [2.75, 3.05) is 13.2 Å². The van der Waals surface area contributed by atoms with Gasteiger partial charge in [0, 0.05) is 22.3 Å². The predicted octanol–water partition coefficient (Wildman–Crippen LogP) is 3.60. The van der Waals surface area contributed by atoms with Gasteiger partial charge in [-0.2, -0.15) is 5.26 Å². The van der Waals surface area contributed by atoms with Gasteiger partial charge in [0.15, 0.2) is 0 Å². The molecule has 0 radical (unpaired) electrons. The number of morpholine rings is 1. The molecule has 1 fully saturated rings. The molecule has 0 aliphatic carbocycles. The number of benzene rings is 1. The van der Waals surface area contributed by atoms with Gasteiger partial charge in [-0.25, -0.2) is 4.98 Å². The van der Waals surface area contributed by atoms with Crippen molar-refractivity contribution in [1.29, 1.82) is 5.26 Å². The quantitative estimate of drug-likeness (QED) is 0.825. The van der Waals surface area contributed by atoms with E-state index < -0.39 is 5.54 Å². The molecule has 0 N–H and O–H groups in total. The predicted molar refractivity (Wildman–Crippen MR) is 94.2 cm³/mol. The molecule has 1 atom stereocenters. The molecule has 25 heavy (non-hydrogen) atoms. The van der Waals surface area contributed by atoms with Crippen molar-refractivity contribution in [2.24, 2.45) is 0 Å². The maximum Gasteiger partial charge on any atom is 0.254 e. The molecule has 3 rings (SSSR count). The fourth-order valence-electron chi connectivity index (χ4n) is 2.91. The van der Waals surface area contributed by atoms with Crippen molar-refractivity contribution in [3.63, 3.8) is 0 Å². The summed E-state index contributed by atoms with van der Waals surface area (Å²) < 4.78 is 5.98. The molecule has 2 heterocycles. The summed E-state index contributed by atoms with van der Waals surface area (Å²) in [5.74, 6) is -0.149. The Balaban J connectivity index is 1.91. The third-order valence-corrected chi connectivity index (χ3v) is 4.68. The van der Waals surface area contributed by atoms with Crippen LogP contribution in [-0.4, -0.2) is 34.5 Å². The molecular weight excluding hydrogens is 338 g/mol. The van der Waals surface area contributed by atoms with Crippen LogP contribution in [-0.2, 0) is 4.74 Å². The number of pyridine rings is 1. The summed E-state index contributed by atoms with van der Waals surface area (Å²) in [7, 11) is 0. The molecule has 0 unspecified atom stereocenters. The highest BCUT2D eigenvalue weighted by Crippen LogP contribution is 2.34. The van der Waals surface area contributed by atoms with Crippen LogP contribution in [0.3, 0.4) is 0 Å². The first-order valence-electron chi connectivity index (χ1n) is 7.96. The van der Waals surface area contributed by atoms with Crippen LogP contribution in [0.4, 0.5) is 0 Å². The smallest absolute Gasteiger partial charge is 0.254 e. The normalized spacial score (nSPS) is 19.3. The van der Waals surface area contributed by atoms with Crippen LogP contribution in [0.15, 0.2) is 42.6 Å². The molecular formula is C19H18ClN3O2. The van der Waals surface area contributed by atoms with Crippen LogP contribution in [0, 0.1) is 11.3 Å². The minimum atomic E-state index is -0.467. The lowest BCUT2D eigenvalue weighted by molar-refractivity contribution is -0.0846. The van der Waals surface area contributed by atoms with Crippen LogP contribution in [0.5, 0.6) is 0 Å². The summed E-state index contributed by atoms with van der Waals surface area (Å²) in [6.45, 7) is 4.70. The molecule has 6 heteroatoms. The number of hydrogen-bond acceptors (Lipinski definition) is 4. The van der Waals surface area contributed by atoms with Crippen LogP contribution in [0.1, 0.15) is 41.6 Å². The third-order valence-electron chi connectivity index (χ3n) is 4.34. The Morgan fingerprint density at radius 3 is 2.88 bits per heavy atom. The number of carbonyl (C=O) groups excluding carboxylic acids is 1. The van der Waals surface area contributed by atoms with Crippen molar-refractivity contribution in [3.05, 3.63) is 64.4 Å². The average Bonchev–Trinajstić information content (AvgIpc) is 2.62. The highest BCUT2D eigenvalue weighted by atomic mass is 35.5. The first-order chi connectivity index (χ1) is 11.9. The average molecular weight is 356 g/mol. The number of aromatic nitrogens is 1. The zero-order valence-electron chi connectivity index (χ0n) is 14.1. The van der Waals surface area contributed by atoms with Crippen LogP contribution < -0.4 is 0 Å². The number of rotatable bonds is 2. The molecule has 128 valence electrons. The highest BCUT2D eigenvalue weighted by molar-refractivity contribution is 6.31. The topological polar surface area (TPSA) is 66.2 Å². The summed E-state index contributed by atoms with van der Waals surface area (Å²) in [4.78, 5) is 18.7. The summed E-state index contributed by atoms with van der Waals surface area (Å²) in [6.07, 6.45) is 1.19. The van der Waals surface area contributed by atoms with Gasteiger partial charge in [0.05, 0.1) is 18.7 Å². The molecule has 1 aliphatic heterocycles. The zero-order valence-corrected chi connectivity index (χ0v) is 14.8. The first kappa shape index (κ1) is 17.4. The molecule has 1 aromatic carbocycles. The summed E-state index contributed by atoms with van der Waals surface area (Å²) in [5.41, 5.74) is 1.06. The fraction of sp³-hybridized carbons (Fsp3) is 0.316. The Hall–Kier alpha value is -2.42. The Morgan fingerprint density at radius 1 is 1.40 bits per heavy atom. The third kappa shape index (κ3) is 3.51. The van der Waals surface area contributed by atoms with Gasteiger partial charge < -0.3 is 9.64 Å². The largest absolute Gasteiger partial charge is 0.369 e. The van der Waals surface area contributed by atoms with E-state index in [1.165, 1.54) is 12.3 Å². The van der Waals surface area contributed by atoms with Gasteiger partial charge in [-0.3, -0.25) is 4.79 Å². The van der Waals surface area contributed by atoms with Crippen LogP contribution >= 0.6 is 11.6 Å². The second-order valence-corrected chi connectivity index (χ2v) is 7.00. The number of nitrogens with zero attached hydrogens (tertiary/aromatic N) is 3. The first-order valence-corrected chi connectivity index (χ1v) is 8.34. The van der Waals surface area contributed by atoms with Gasteiger partial charge in [0.25, 0.3) is 5.91 Å². The highest BCUT2D eigenvalue weighted by Gasteiger charge is 2.39. The number of hydrogen-bond donors (Lipinski definition) is 0. The summed E-state index contributed by atoms with van der Waals surface area (Å²) in [6, 6.07) is 12.6. The number of halogens is 1. The van der Waals surface area contributed by atoms with Crippen LogP contribution in [0.25, 0.3) is 0 Å². The van der Waals surface area contributed by atoms with E-state index in [0.29, 0.717) is 23.7 Å². The van der Waals surface area contributed by atoms with Crippen molar-refractivity contribution in [1.82, 2.24) is 9.88 Å². The monoisotopic (exact) mass is 355 g/mol. The SMILES string of the molecule is CC1(C)CO[C@H](c2ccccc2Cl)CN1C(=O)c1ccnc(C#N)c1. The minimum absolute atomic E-state index is 0.149. The molecule has 1 aliphatic rings. The molecule has 1 aromatic heterocycles. The van der Waals surface area contributed by atoms with Crippen LogP contribution in [0.2, 0.25) is 5.02 Å². The molecule has 1 amide bonds. The van der Waals surface area contributed by atoms with E-state index in [2.05, 4.69) is 4.98 Å². The van der Waals surface area contributed by atoms with E-state index in [1.807, 2.05) is 44.2 Å². The van der Waals surface area contributed by atoms with E-state index in [1.54, 1.807) is 11.0 Å². The van der Waals surface area contributed by atoms with Crippen molar-refractivity contribution in [2.45, 2.75) is 25.5 Å². The van der Waals surface area contributed by atoms with E-state index in [0.717, 1.165) is 5.56 Å². The van der Waals surface area contributed by atoms with Gasteiger partial charge in [-0.05, 0) is 32.0 Å². The van der Waals surface area contributed by atoms with E-state index in [-0.39, 0.29) is 17.7 Å². The number of nitriles is 1. The Morgan fingerprint density at radius 2 is 2.16 bits per heavy atom. The maximum absolute atomic E-state index is 13.0. The molecule has 0 bridgehead atoms. The Kier molecular flexibility index (Phi) is 4.76. The second-order valence-electron chi connectivity index (χ2n) is 6.59. The molecule has 2 aromatic rings. The standard InChI is InChI=1S/C19H18ClN3O2/c1-19(2)12-25-17(15-5-3-4-6-16(15)20)11-23(19)18(24)13-7-8-22-14(9-13)10-21/h3-9,17H,11-12H2,1-2H3/t17-/m0/s1. The zero-order chi connectivity index (χ0) is 18.0. The van der Waals surface area contributed by atoms with Gasteiger partial charge in [0.1, 0.15) is 17.9 Å². The fourth-order valence-corrected chi connectivity index (χ4v) is 3.17. The van der Waals surface area contributed by atoms with E-state index >= 15 is 0 Å².